The van der Waals surface area contributed by atoms with Crippen LogP contribution in [0.25, 0.3) is 10.8 Å². The summed E-state index contributed by atoms with van der Waals surface area (Å²) >= 11 is 0. The van der Waals surface area contributed by atoms with Gasteiger partial charge in [0.05, 0.1) is 5.60 Å². The van der Waals surface area contributed by atoms with E-state index in [1.54, 1.807) is 13.8 Å². The van der Waals surface area contributed by atoms with Crippen molar-refractivity contribution in [2.45, 2.75) is 39.1 Å². The molecule has 25 heavy (non-hydrogen) atoms. The predicted octanol–water partition coefficient (Wildman–Crippen LogP) is 5.02. The Bertz CT molecular complexity index is 954. The number of hydrogen-bond acceptors (Lipinski definition) is 3. The van der Waals surface area contributed by atoms with E-state index < -0.39 is 11.4 Å². The van der Waals surface area contributed by atoms with Gasteiger partial charge in [-0.3, -0.25) is 0 Å². The summed E-state index contributed by atoms with van der Waals surface area (Å²) in [7, 11) is 0. The topological polar surface area (TPSA) is 38.7 Å². The molecule has 1 aliphatic heterocycles. The van der Waals surface area contributed by atoms with Crippen LogP contribution in [0.2, 0.25) is 0 Å². The number of fused-ring (bicyclic) bond motifs is 2. The molecular weight excluding hydrogens is 312 g/mol. The van der Waals surface area contributed by atoms with Crippen LogP contribution in [-0.2, 0) is 11.4 Å². The van der Waals surface area contributed by atoms with E-state index in [9.17, 15) is 5.11 Å². The average Bonchev–Trinajstić information content (AvgIpc) is 2.88. The van der Waals surface area contributed by atoms with Gasteiger partial charge in [-0.2, -0.15) is 0 Å². The van der Waals surface area contributed by atoms with E-state index in [1.165, 1.54) is 0 Å². The number of aryl methyl sites for hydroxylation is 1. The van der Waals surface area contributed by atoms with Crippen molar-refractivity contribution in [1.29, 1.82) is 0 Å². The summed E-state index contributed by atoms with van der Waals surface area (Å²) in [6.45, 7) is 7.56. The minimum atomic E-state index is -0.882. The SMILES string of the molecule is Cc1cc2cc3c(cc2cc1C(C)(C)O)O[C@@](C)(c1ccccc1)O3. The Labute approximate surface area is 147 Å². The summed E-state index contributed by atoms with van der Waals surface area (Å²) in [5.41, 5.74) is 2.07. The molecule has 0 spiro atoms. The third-order valence-corrected chi connectivity index (χ3v) is 4.81. The Hall–Kier alpha value is -2.52. The first-order valence-electron chi connectivity index (χ1n) is 8.51. The maximum absolute atomic E-state index is 10.4. The van der Waals surface area contributed by atoms with Crippen LogP contribution in [0, 0.1) is 6.92 Å². The number of aliphatic hydroxyl groups is 1. The summed E-state index contributed by atoms with van der Waals surface area (Å²) < 4.78 is 12.3. The zero-order valence-electron chi connectivity index (χ0n) is 15.0. The molecule has 128 valence electrons. The maximum Gasteiger partial charge on any atom is 0.275 e. The summed E-state index contributed by atoms with van der Waals surface area (Å²) in [5, 5.41) is 12.5. The number of rotatable bonds is 2. The second-order valence-electron chi connectivity index (χ2n) is 7.39. The van der Waals surface area contributed by atoms with Gasteiger partial charge in [0.2, 0.25) is 0 Å². The van der Waals surface area contributed by atoms with Crippen molar-refractivity contribution in [2.24, 2.45) is 0 Å². The van der Waals surface area contributed by atoms with Crippen LogP contribution in [0.3, 0.4) is 0 Å². The maximum atomic E-state index is 10.4. The van der Waals surface area contributed by atoms with E-state index in [1.807, 2.05) is 62.4 Å². The van der Waals surface area contributed by atoms with Crippen molar-refractivity contribution < 1.29 is 14.6 Å². The van der Waals surface area contributed by atoms with Crippen LogP contribution >= 0.6 is 0 Å². The van der Waals surface area contributed by atoms with E-state index in [-0.39, 0.29) is 0 Å². The van der Waals surface area contributed by atoms with Gasteiger partial charge in [0, 0.05) is 12.5 Å². The monoisotopic (exact) mass is 334 g/mol. The molecule has 0 saturated heterocycles. The van der Waals surface area contributed by atoms with Crippen molar-refractivity contribution in [3.8, 4) is 11.5 Å². The van der Waals surface area contributed by atoms with Crippen molar-refractivity contribution in [1.82, 2.24) is 0 Å². The van der Waals surface area contributed by atoms with E-state index in [0.717, 1.165) is 39.0 Å². The molecule has 1 N–H and O–H groups in total. The fourth-order valence-electron chi connectivity index (χ4n) is 3.54. The van der Waals surface area contributed by atoms with Crippen molar-refractivity contribution in [3.63, 3.8) is 0 Å². The molecule has 1 atom stereocenters. The second kappa shape index (κ2) is 5.24. The first-order valence-corrected chi connectivity index (χ1v) is 8.51. The molecule has 3 nitrogen and oxygen atoms in total. The molecule has 0 fully saturated rings. The van der Waals surface area contributed by atoms with E-state index in [4.69, 9.17) is 9.47 Å². The molecule has 1 heterocycles. The number of benzene rings is 3. The Morgan fingerprint density at radius 2 is 1.44 bits per heavy atom. The molecule has 0 aromatic heterocycles. The molecule has 0 bridgehead atoms. The molecule has 3 heteroatoms. The normalized spacial score (nSPS) is 19.4. The quantitative estimate of drug-likeness (QED) is 0.715. The second-order valence-corrected chi connectivity index (χ2v) is 7.39. The smallest absolute Gasteiger partial charge is 0.275 e. The van der Waals surface area contributed by atoms with Gasteiger partial charge in [-0.05, 0) is 60.9 Å². The summed E-state index contributed by atoms with van der Waals surface area (Å²) in [5.74, 6) is 0.647. The van der Waals surface area contributed by atoms with Gasteiger partial charge in [-0.1, -0.05) is 36.4 Å². The van der Waals surface area contributed by atoms with Gasteiger partial charge >= 0.3 is 0 Å². The van der Waals surface area contributed by atoms with Gasteiger partial charge in [0.15, 0.2) is 11.5 Å². The first-order chi connectivity index (χ1) is 11.8. The highest BCUT2D eigenvalue weighted by atomic mass is 16.7. The highest BCUT2D eigenvalue weighted by Gasteiger charge is 2.38. The lowest BCUT2D eigenvalue weighted by Gasteiger charge is -2.23. The Balaban J connectivity index is 1.81. The predicted molar refractivity (Wildman–Crippen MR) is 99.0 cm³/mol. The third-order valence-electron chi connectivity index (χ3n) is 4.81. The number of hydrogen-bond donors (Lipinski definition) is 1. The Morgan fingerprint density at radius 1 is 0.880 bits per heavy atom. The zero-order chi connectivity index (χ0) is 17.8. The van der Waals surface area contributed by atoms with Gasteiger partial charge in [0.25, 0.3) is 5.79 Å². The van der Waals surface area contributed by atoms with Crippen LogP contribution < -0.4 is 9.47 Å². The molecule has 3 aromatic carbocycles. The van der Waals surface area contributed by atoms with Gasteiger partial charge in [0.1, 0.15) is 0 Å². The van der Waals surface area contributed by atoms with E-state index in [2.05, 4.69) is 6.07 Å². The molecular formula is C22H22O3. The van der Waals surface area contributed by atoms with Crippen LogP contribution in [-0.4, -0.2) is 5.11 Å². The standard InChI is InChI=1S/C22H22O3/c1-14-10-15-12-19-20(13-16(15)11-18(14)21(2,3)23)25-22(4,24-19)17-8-6-5-7-9-17/h5-13,23H,1-4H3/t22-/m0/s1. The molecule has 0 aliphatic carbocycles. The van der Waals surface area contributed by atoms with Crippen molar-refractivity contribution in [3.05, 3.63) is 71.3 Å². The summed E-state index contributed by atoms with van der Waals surface area (Å²) in [6, 6.07) is 18.1. The first kappa shape index (κ1) is 16.0. The lowest BCUT2D eigenvalue weighted by atomic mass is 9.91. The highest BCUT2D eigenvalue weighted by molar-refractivity contribution is 5.88. The molecule has 0 saturated carbocycles. The average molecular weight is 334 g/mol. The van der Waals surface area contributed by atoms with Crippen molar-refractivity contribution in [2.75, 3.05) is 0 Å². The van der Waals surface area contributed by atoms with Gasteiger partial charge < -0.3 is 14.6 Å². The zero-order valence-corrected chi connectivity index (χ0v) is 15.0. The molecule has 4 rings (SSSR count). The minimum absolute atomic E-state index is 0.726. The Morgan fingerprint density at radius 3 is 2.00 bits per heavy atom. The fourth-order valence-corrected chi connectivity index (χ4v) is 3.54. The fraction of sp³-hybridized carbons (Fsp3) is 0.273. The highest BCUT2D eigenvalue weighted by Crippen LogP contribution is 2.46. The molecule has 3 aromatic rings. The van der Waals surface area contributed by atoms with Crippen LogP contribution in [0.4, 0.5) is 0 Å². The summed E-state index contributed by atoms with van der Waals surface area (Å²) in [4.78, 5) is 0. The molecule has 0 amide bonds. The lowest BCUT2D eigenvalue weighted by molar-refractivity contribution is -0.0679. The van der Waals surface area contributed by atoms with Crippen LogP contribution in [0.5, 0.6) is 11.5 Å². The molecule has 0 unspecified atom stereocenters. The number of ether oxygens (including phenoxy) is 2. The van der Waals surface area contributed by atoms with Crippen LogP contribution in [0.15, 0.2) is 54.6 Å². The lowest BCUT2D eigenvalue weighted by Crippen LogP contribution is -2.31. The Kier molecular flexibility index (Phi) is 3.35. The third kappa shape index (κ3) is 2.65. The largest absolute Gasteiger partial charge is 0.445 e. The molecule has 1 aliphatic rings. The minimum Gasteiger partial charge on any atom is -0.445 e. The van der Waals surface area contributed by atoms with E-state index >= 15 is 0 Å². The van der Waals surface area contributed by atoms with Crippen molar-refractivity contribution >= 4 is 10.8 Å². The van der Waals surface area contributed by atoms with Gasteiger partial charge in [-0.15, -0.1) is 0 Å². The van der Waals surface area contributed by atoms with E-state index in [0.29, 0.717) is 0 Å². The summed E-state index contributed by atoms with van der Waals surface area (Å²) in [6.07, 6.45) is 0. The van der Waals surface area contributed by atoms with Crippen LogP contribution in [0.1, 0.15) is 37.5 Å². The van der Waals surface area contributed by atoms with Gasteiger partial charge in [-0.25, -0.2) is 0 Å². The molecule has 0 radical (unpaired) electrons.